The largest absolute Gasteiger partial charge is 0.507 e. The van der Waals surface area contributed by atoms with Crippen LogP contribution in [0.5, 0.6) is 5.75 Å². The van der Waals surface area contributed by atoms with Crippen LogP contribution in [0.25, 0.3) is 0 Å². The molecular weight excluding hydrogens is 358 g/mol. The van der Waals surface area contributed by atoms with Crippen molar-refractivity contribution in [1.29, 1.82) is 0 Å². The van der Waals surface area contributed by atoms with Crippen LogP contribution in [0.1, 0.15) is 58.2 Å². The highest BCUT2D eigenvalue weighted by atomic mass is 32.2. The topological polar surface area (TPSA) is 63.4 Å². The minimum absolute atomic E-state index is 0.120. The molecule has 0 radical (unpaired) electrons. The Balaban J connectivity index is 2.19. The number of nitrogens with zero attached hydrogens (tertiary/aromatic N) is 1. The van der Waals surface area contributed by atoms with Crippen LogP contribution < -0.4 is 0 Å². The number of hydrogen-bond acceptors (Lipinski definition) is 4. The maximum atomic E-state index is 10.8. The zero-order valence-electron chi connectivity index (χ0n) is 17.0. The van der Waals surface area contributed by atoms with Gasteiger partial charge in [-0.05, 0) is 34.9 Å². The third kappa shape index (κ3) is 5.48. The van der Waals surface area contributed by atoms with E-state index < -0.39 is 0 Å². The quantitative estimate of drug-likeness (QED) is 0.375. The fourth-order valence-corrected chi connectivity index (χ4v) is 3.88. The Hall–Kier alpha value is -2.01. The van der Waals surface area contributed by atoms with Gasteiger partial charge in [-0.15, -0.1) is 11.8 Å². The smallest absolute Gasteiger partial charge is 0.269 e. The lowest BCUT2D eigenvalue weighted by Gasteiger charge is -2.28. The van der Waals surface area contributed by atoms with E-state index in [1.807, 2.05) is 12.1 Å². The van der Waals surface area contributed by atoms with Crippen molar-refractivity contribution >= 4 is 17.4 Å². The number of phenols is 1. The van der Waals surface area contributed by atoms with Gasteiger partial charge in [0.05, 0.1) is 4.92 Å². The van der Waals surface area contributed by atoms with E-state index in [0.717, 1.165) is 33.8 Å². The lowest BCUT2D eigenvalue weighted by atomic mass is 9.79. The van der Waals surface area contributed by atoms with E-state index in [9.17, 15) is 15.2 Å². The van der Waals surface area contributed by atoms with Crippen LogP contribution in [0.4, 0.5) is 5.69 Å². The van der Waals surface area contributed by atoms with Gasteiger partial charge in [-0.3, -0.25) is 10.1 Å². The number of rotatable bonds is 5. The molecule has 0 saturated heterocycles. The van der Waals surface area contributed by atoms with Gasteiger partial charge < -0.3 is 5.11 Å². The van der Waals surface area contributed by atoms with Crippen molar-refractivity contribution in [3.8, 4) is 5.75 Å². The molecule has 1 N–H and O–H groups in total. The number of benzene rings is 2. The number of hydrogen-bond donors (Lipinski definition) is 1. The molecule has 0 aliphatic carbocycles. The first-order valence-electron chi connectivity index (χ1n) is 9.13. The number of nitro benzene ring substituents is 1. The van der Waals surface area contributed by atoms with Gasteiger partial charge in [0, 0.05) is 33.9 Å². The zero-order valence-corrected chi connectivity index (χ0v) is 17.8. The number of aromatic hydroxyl groups is 1. The summed E-state index contributed by atoms with van der Waals surface area (Å²) in [6, 6.07) is 10.9. The van der Waals surface area contributed by atoms with Gasteiger partial charge in [-0.1, -0.05) is 53.7 Å². The van der Waals surface area contributed by atoms with E-state index in [-0.39, 0.29) is 21.4 Å². The molecule has 0 saturated carbocycles. The molecule has 0 bridgehead atoms. The monoisotopic (exact) mass is 387 g/mol. The predicted molar refractivity (Wildman–Crippen MR) is 113 cm³/mol. The Morgan fingerprint density at radius 2 is 1.44 bits per heavy atom. The van der Waals surface area contributed by atoms with Crippen LogP contribution in [0, 0.1) is 10.1 Å². The lowest BCUT2D eigenvalue weighted by Crippen LogP contribution is -2.17. The predicted octanol–water partition coefficient (Wildman–Crippen LogP) is 6.23. The fourth-order valence-electron chi connectivity index (χ4n) is 2.91. The first kappa shape index (κ1) is 21.3. The van der Waals surface area contributed by atoms with Gasteiger partial charge in [-0.25, -0.2) is 0 Å². The second-order valence-corrected chi connectivity index (χ2v) is 10.1. The minimum Gasteiger partial charge on any atom is -0.507 e. The highest BCUT2D eigenvalue weighted by Gasteiger charge is 2.26. The van der Waals surface area contributed by atoms with Crippen LogP contribution in [0.15, 0.2) is 41.3 Å². The van der Waals surface area contributed by atoms with Crippen molar-refractivity contribution in [3.05, 3.63) is 63.2 Å². The highest BCUT2D eigenvalue weighted by molar-refractivity contribution is 7.99. The molecule has 146 valence electrons. The van der Waals surface area contributed by atoms with Crippen molar-refractivity contribution in [3.63, 3.8) is 0 Å². The summed E-state index contributed by atoms with van der Waals surface area (Å²) >= 11 is 1.75. The van der Waals surface area contributed by atoms with Gasteiger partial charge in [0.25, 0.3) is 5.69 Å². The number of thioether (sulfide) groups is 1. The summed E-state index contributed by atoms with van der Waals surface area (Å²) in [5, 5.41) is 21.5. The first-order chi connectivity index (χ1) is 12.4. The van der Waals surface area contributed by atoms with Crippen LogP contribution in [0.2, 0.25) is 0 Å². The third-order valence-corrected chi connectivity index (χ3v) is 5.48. The Bertz CT molecular complexity index is 780. The molecule has 2 rings (SSSR count). The van der Waals surface area contributed by atoms with Crippen LogP contribution in [-0.4, -0.2) is 15.8 Å². The molecule has 0 amide bonds. The fraction of sp³-hybridized carbons (Fsp3) is 0.455. The van der Waals surface area contributed by atoms with Crippen LogP contribution in [0.3, 0.4) is 0 Å². The Morgan fingerprint density at radius 3 is 1.85 bits per heavy atom. The molecule has 0 aliphatic rings. The standard InChI is InChI=1S/C22H29NO3S/c1-21(2,3)18-13-17(14-19(20(18)24)22(4,5)6)27-12-11-15-7-9-16(10-8-15)23(25)26/h7-10,13-14,24H,11-12H2,1-6H3. The molecular formula is C22H29NO3S. The highest BCUT2D eigenvalue weighted by Crippen LogP contribution is 2.41. The van der Waals surface area contributed by atoms with Crippen molar-refractivity contribution in [2.24, 2.45) is 0 Å². The zero-order chi connectivity index (χ0) is 20.4. The molecule has 0 fully saturated rings. The second-order valence-electron chi connectivity index (χ2n) is 8.89. The van der Waals surface area contributed by atoms with E-state index in [1.165, 1.54) is 0 Å². The Morgan fingerprint density at radius 1 is 0.963 bits per heavy atom. The third-order valence-electron chi connectivity index (χ3n) is 4.51. The Labute approximate surface area is 166 Å². The van der Waals surface area contributed by atoms with Gasteiger partial charge in [0.15, 0.2) is 0 Å². The summed E-state index contributed by atoms with van der Waals surface area (Å²) in [4.78, 5) is 11.5. The lowest BCUT2D eigenvalue weighted by molar-refractivity contribution is -0.384. The molecule has 0 unspecified atom stereocenters. The molecule has 2 aromatic carbocycles. The van der Waals surface area contributed by atoms with E-state index in [4.69, 9.17) is 0 Å². The minimum atomic E-state index is -0.378. The van der Waals surface area contributed by atoms with E-state index in [0.29, 0.717) is 5.75 Å². The van der Waals surface area contributed by atoms with Crippen molar-refractivity contribution < 1.29 is 10.0 Å². The second kappa shape index (κ2) is 7.93. The van der Waals surface area contributed by atoms with Gasteiger partial charge in [0.1, 0.15) is 5.75 Å². The number of non-ortho nitro benzene ring substituents is 1. The summed E-state index contributed by atoms with van der Waals surface area (Å²) in [5.74, 6) is 1.27. The average molecular weight is 388 g/mol. The summed E-state index contributed by atoms with van der Waals surface area (Å²) in [5.41, 5.74) is 2.85. The summed E-state index contributed by atoms with van der Waals surface area (Å²) < 4.78 is 0. The molecule has 0 spiro atoms. The summed E-state index contributed by atoms with van der Waals surface area (Å²) in [7, 11) is 0. The number of aryl methyl sites for hydroxylation is 1. The average Bonchev–Trinajstić information content (AvgIpc) is 2.54. The van der Waals surface area contributed by atoms with Crippen molar-refractivity contribution in [2.75, 3.05) is 5.75 Å². The van der Waals surface area contributed by atoms with E-state index >= 15 is 0 Å². The number of nitro groups is 1. The first-order valence-corrected chi connectivity index (χ1v) is 10.1. The summed E-state index contributed by atoms with van der Waals surface area (Å²) in [6.45, 7) is 12.7. The van der Waals surface area contributed by atoms with Gasteiger partial charge >= 0.3 is 0 Å². The van der Waals surface area contributed by atoms with Crippen LogP contribution in [-0.2, 0) is 17.3 Å². The van der Waals surface area contributed by atoms with Crippen LogP contribution >= 0.6 is 11.8 Å². The molecule has 5 heteroatoms. The molecule has 4 nitrogen and oxygen atoms in total. The molecule has 0 heterocycles. The molecule has 0 aromatic heterocycles. The van der Waals surface area contributed by atoms with Crippen molar-refractivity contribution in [2.45, 2.75) is 63.7 Å². The molecule has 0 aliphatic heterocycles. The normalized spacial score (nSPS) is 12.2. The van der Waals surface area contributed by atoms with Gasteiger partial charge in [0.2, 0.25) is 0 Å². The maximum Gasteiger partial charge on any atom is 0.269 e. The summed E-state index contributed by atoms with van der Waals surface area (Å²) in [6.07, 6.45) is 0.833. The van der Waals surface area contributed by atoms with E-state index in [1.54, 1.807) is 23.9 Å². The van der Waals surface area contributed by atoms with E-state index in [2.05, 4.69) is 53.7 Å². The molecule has 0 atom stereocenters. The van der Waals surface area contributed by atoms with Gasteiger partial charge in [-0.2, -0.15) is 0 Å². The molecule has 2 aromatic rings. The number of phenolic OH excluding ortho intramolecular Hbond substituents is 1. The molecule has 27 heavy (non-hydrogen) atoms. The SMILES string of the molecule is CC(C)(C)c1cc(SCCc2ccc([N+](=O)[O-])cc2)cc(C(C)(C)C)c1O. The maximum absolute atomic E-state index is 10.8. The Kier molecular flexibility index (Phi) is 6.25. The van der Waals surface area contributed by atoms with Crippen molar-refractivity contribution in [1.82, 2.24) is 0 Å².